The largest absolute Gasteiger partial charge is 0.370 e. The molecular weight excluding hydrogens is 268 g/mol. The number of thioether (sulfide) groups is 1. The maximum Gasteiger partial charge on any atom is 0.191 e. The molecule has 0 unspecified atom stereocenters. The molecule has 2 aromatic rings. The first-order chi connectivity index (χ1) is 9.78. The molecule has 0 aliphatic carbocycles. The van der Waals surface area contributed by atoms with Gasteiger partial charge in [-0.15, -0.1) is 0 Å². The molecular formula is C15H20N4S. The molecule has 5 heteroatoms. The Morgan fingerprint density at radius 3 is 2.50 bits per heavy atom. The summed E-state index contributed by atoms with van der Waals surface area (Å²) < 4.78 is 0. The molecule has 0 amide bonds. The van der Waals surface area contributed by atoms with Gasteiger partial charge in [-0.25, -0.2) is 9.97 Å². The first-order valence-corrected chi connectivity index (χ1v) is 8.00. The van der Waals surface area contributed by atoms with E-state index >= 15 is 0 Å². The van der Waals surface area contributed by atoms with Crippen LogP contribution in [-0.4, -0.2) is 29.3 Å². The van der Waals surface area contributed by atoms with E-state index in [9.17, 15) is 0 Å². The number of aromatic nitrogens is 2. The van der Waals surface area contributed by atoms with E-state index in [1.54, 1.807) is 11.8 Å². The molecule has 4 nitrogen and oxygen atoms in total. The van der Waals surface area contributed by atoms with E-state index in [2.05, 4.69) is 46.2 Å². The fraction of sp³-hybridized carbons (Fsp3) is 0.333. The zero-order valence-corrected chi connectivity index (χ0v) is 12.9. The first-order valence-electron chi connectivity index (χ1n) is 6.78. The van der Waals surface area contributed by atoms with Crippen LogP contribution in [0.5, 0.6) is 0 Å². The van der Waals surface area contributed by atoms with Crippen LogP contribution in [0.4, 0.5) is 17.3 Å². The van der Waals surface area contributed by atoms with Crippen molar-refractivity contribution in [3.8, 4) is 0 Å². The molecule has 0 aliphatic rings. The summed E-state index contributed by atoms with van der Waals surface area (Å²) in [5, 5.41) is 4.05. The summed E-state index contributed by atoms with van der Waals surface area (Å²) in [5.74, 6) is 1.80. The van der Waals surface area contributed by atoms with Crippen molar-refractivity contribution in [1.29, 1.82) is 0 Å². The summed E-state index contributed by atoms with van der Waals surface area (Å²) in [6.45, 7) is 5.90. The number of para-hydroxylation sites is 1. The minimum Gasteiger partial charge on any atom is -0.370 e. The summed E-state index contributed by atoms with van der Waals surface area (Å²) in [7, 11) is 0. The number of benzene rings is 1. The lowest BCUT2D eigenvalue weighted by Gasteiger charge is -2.23. The van der Waals surface area contributed by atoms with Crippen molar-refractivity contribution in [1.82, 2.24) is 9.97 Å². The summed E-state index contributed by atoms with van der Waals surface area (Å²) in [4.78, 5) is 11.3. The fourth-order valence-corrected chi connectivity index (χ4v) is 2.37. The second-order valence-corrected chi connectivity index (χ2v) is 4.98. The molecule has 1 N–H and O–H groups in total. The van der Waals surface area contributed by atoms with E-state index < -0.39 is 0 Å². The Morgan fingerprint density at radius 1 is 1.15 bits per heavy atom. The number of anilines is 3. The van der Waals surface area contributed by atoms with Gasteiger partial charge < -0.3 is 10.2 Å². The SMILES string of the molecule is CCNc1cc(N(CC)c2ccccc2)nc(SC)n1. The molecule has 0 radical (unpaired) electrons. The summed E-state index contributed by atoms with van der Waals surface area (Å²) in [5.41, 5.74) is 1.14. The van der Waals surface area contributed by atoms with Gasteiger partial charge in [0.1, 0.15) is 11.6 Å². The molecule has 2 rings (SSSR count). The van der Waals surface area contributed by atoms with Gasteiger partial charge in [0.25, 0.3) is 0 Å². The summed E-state index contributed by atoms with van der Waals surface area (Å²) >= 11 is 1.56. The second-order valence-electron chi connectivity index (χ2n) is 4.21. The Morgan fingerprint density at radius 2 is 1.90 bits per heavy atom. The topological polar surface area (TPSA) is 41.0 Å². The van der Waals surface area contributed by atoms with Gasteiger partial charge in [0.15, 0.2) is 5.16 Å². The number of nitrogens with zero attached hydrogens (tertiary/aromatic N) is 3. The van der Waals surface area contributed by atoms with E-state index in [1.165, 1.54) is 0 Å². The molecule has 0 bridgehead atoms. The molecule has 0 saturated carbocycles. The minimum absolute atomic E-state index is 0.785. The Labute approximate surface area is 124 Å². The van der Waals surface area contributed by atoms with Crippen LogP contribution in [0.25, 0.3) is 0 Å². The average Bonchev–Trinajstić information content (AvgIpc) is 2.49. The number of rotatable bonds is 6. The second kappa shape index (κ2) is 7.14. The van der Waals surface area contributed by atoms with E-state index in [-0.39, 0.29) is 0 Å². The van der Waals surface area contributed by atoms with Crippen LogP contribution in [0.2, 0.25) is 0 Å². The molecule has 0 spiro atoms. The van der Waals surface area contributed by atoms with Crippen molar-refractivity contribution in [2.45, 2.75) is 19.0 Å². The molecule has 0 fully saturated rings. The van der Waals surface area contributed by atoms with Gasteiger partial charge in [0.2, 0.25) is 0 Å². The summed E-state index contributed by atoms with van der Waals surface area (Å²) in [6, 6.07) is 12.3. The van der Waals surface area contributed by atoms with Crippen LogP contribution in [0.3, 0.4) is 0 Å². The highest BCUT2D eigenvalue weighted by Gasteiger charge is 2.11. The Balaban J connectivity index is 2.40. The Hall–Kier alpha value is -1.75. The van der Waals surface area contributed by atoms with Crippen LogP contribution in [0.15, 0.2) is 41.6 Å². The van der Waals surface area contributed by atoms with Gasteiger partial charge in [-0.3, -0.25) is 0 Å². The normalized spacial score (nSPS) is 10.3. The van der Waals surface area contributed by atoms with Crippen molar-refractivity contribution < 1.29 is 0 Å². The van der Waals surface area contributed by atoms with Gasteiger partial charge in [0.05, 0.1) is 0 Å². The third-order valence-corrected chi connectivity index (χ3v) is 3.44. The molecule has 0 atom stereocenters. The van der Waals surface area contributed by atoms with Crippen molar-refractivity contribution in [2.24, 2.45) is 0 Å². The lowest BCUT2D eigenvalue weighted by atomic mass is 10.3. The highest BCUT2D eigenvalue weighted by molar-refractivity contribution is 7.98. The number of nitrogens with one attached hydrogen (secondary N) is 1. The fourth-order valence-electron chi connectivity index (χ4n) is 2.00. The van der Waals surface area contributed by atoms with Crippen LogP contribution in [-0.2, 0) is 0 Å². The van der Waals surface area contributed by atoms with Crippen LogP contribution < -0.4 is 10.2 Å². The lowest BCUT2D eigenvalue weighted by Crippen LogP contribution is -2.18. The maximum absolute atomic E-state index is 4.62. The van der Waals surface area contributed by atoms with E-state index in [4.69, 9.17) is 0 Å². The van der Waals surface area contributed by atoms with Gasteiger partial charge >= 0.3 is 0 Å². The first kappa shape index (κ1) is 14.7. The van der Waals surface area contributed by atoms with E-state index in [0.717, 1.165) is 35.6 Å². The quantitative estimate of drug-likeness (QED) is 0.647. The predicted octanol–water partition coefficient (Wildman–Crippen LogP) is 3.79. The highest BCUT2D eigenvalue weighted by Crippen LogP contribution is 2.26. The highest BCUT2D eigenvalue weighted by atomic mass is 32.2. The zero-order chi connectivity index (χ0) is 14.4. The number of hydrogen-bond acceptors (Lipinski definition) is 5. The lowest BCUT2D eigenvalue weighted by molar-refractivity contribution is 0.908. The Kier molecular flexibility index (Phi) is 5.24. The van der Waals surface area contributed by atoms with Crippen molar-refractivity contribution in [3.05, 3.63) is 36.4 Å². The smallest absolute Gasteiger partial charge is 0.191 e. The van der Waals surface area contributed by atoms with Crippen LogP contribution >= 0.6 is 11.8 Å². The van der Waals surface area contributed by atoms with E-state index in [0.29, 0.717) is 0 Å². The van der Waals surface area contributed by atoms with Gasteiger partial charge in [0, 0.05) is 24.8 Å². The molecule has 1 heterocycles. The summed E-state index contributed by atoms with van der Waals surface area (Å²) in [6.07, 6.45) is 1.99. The minimum atomic E-state index is 0.785. The van der Waals surface area contributed by atoms with E-state index in [1.807, 2.05) is 30.5 Å². The molecule has 1 aromatic heterocycles. The van der Waals surface area contributed by atoms with Gasteiger partial charge in [-0.2, -0.15) is 0 Å². The maximum atomic E-state index is 4.62. The zero-order valence-electron chi connectivity index (χ0n) is 12.1. The molecule has 0 saturated heterocycles. The predicted molar refractivity (Wildman–Crippen MR) is 87.1 cm³/mol. The monoisotopic (exact) mass is 288 g/mol. The standard InChI is InChI=1S/C15H20N4S/c1-4-16-13-11-14(18-15(17-13)20-3)19(5-2)12-9-7-6-8-10-12/h6-11H,4-5H2,1-3H3,(H,16,17,18). The number of hydrogen-bond donors (Lipinski definition) is 1. The van der Waals surface area contributed by atoms with Crippen LogP contribution in [0, 0.1) is 0 Å². The van der Waals surface area contributed by atoms with Crippen molar-refractivity contribution in [3.63, 3.8) is 0 Å². The third-order valence-electron chi connectivity index (χ3n) is 2.89. The molecule has 106 valence electrons. The van der Waals surface area contributed by atoms with Gasteiger partial charge in [-0.1, -0.05) is 30.0 Å². The Bertz CT molecular complexity index is 545. The van der Waals surface area contributed by atoms with Crippen LogP contribution in [0.1, 0.15) is 13.8 Å². The average molecular weight is 288 g/mol. The van der Waals surface area contributed by atoms with Crippen molar-refractivity contribution in [2.75, 3.05) is 29.6 Å². The van der Waals surface area contributed by atoms with Gasteiger partial charge in [-0.05, 0) is 32.2 Å². The molecule has 20 heavy (non-hydrogen) atoms. The third kappa shape index (κ3) is 3.42. The van der Waals surface area contributed by atoms with Crippen molar-refractivity contribution >= 4 is 29.1 Å². The molecule has 1 aromatic carbocycles. The molecule has 0 aliphatic heterocycles.